The molecule has 6 nitrogen and oxygen atoms in total. The standard InChI is InChI=1S/C20H26NO5P/c1-5-25-27(22,26-6-2)20(21-19-14(3)8-7-9-15(19)4)16-10-11-17-18(12-16)24-13-23-17/h7-12,20-21H,5-6,13H2,1-4H3. The van der Waals surface area contributed by atoms with Crippen LogP contribution in [0.4, 0.5) is 5.69 Å². The van der Waals surface area contributed by atoms with Crippen LogP contribution in [0.2, 0.25) is 0 Å². The van der Waals surface area contributed by atoms with Crippen molar-refractivity contribution >= 4 is 13.3 Å². The summed E-state index contributed by atoms with van der Waals surface area (Å²) in [6, 6.07) is 11.5. The van der Waals surface area contributed by atoms with Gasteiger partial charge in [0.1, 0.15) is 0 Å². The van der Waals surface area contributed by atoms with Gasteiger partial charge in [0.2, 0.25) is 6.79 Å². The molecule has 0 amide bonds. The number of para-hydroxylation sites is 1. The fraction of sp³-hybridized carbons (Fsp3) is 0.400. The minimum Gasteiger partial charge on any atom is -0.454 e. The number of fused-ring (bicyclic) bond motifs is 1. The van der Waals surface area contributed by atoms with Crippen LogP contribution in [0, 0.1) is 13.8 Å². The SMILES string of the molecule is CCOP(=O)(OCC)C(Nc1c(C)cccc1C)c1ccc2c(c1)OCO2. The van der Waals surface area contributed by atoms with Crippen LogP contribution in [0.1, 0.15) is 36.3 Å². The van der Waals surface area contributed by atoms with Gasteiger partial charge in [0, 0.05) is 5.69 Å². The van der Waals surface area contributed by atoms with Crippen molar-refractivity contribution < 1.29 is 23.1 Å². The molecule has 0 fully saturated rings. The summed E-state index contributed by atoms with van der Waals surface area (Å²) in [5.41, 5.74) is 3.78. The third kappa shape index (κ3) is 4.13. The largest absolute Gasteiger partial charge is 0.454 e. The number of anilines is 1. The van der Waals surface area contributed by atoms with Crippen LogP contribution in [0.25, 0.3) is 0 Å². The molecule has 0 spiro atoms. The van der Waals surface area contributed by atoms with E-state index in [1.807, 2.05) is 50.2 Å². The fourth-order valence-corrected chi connectivity index (χ4v) is 5.06. The van der Waals surface area contributed by atoms with Crippen molar-refractivity contribution in [2.24, 2.45) is 0 Å². The Labute approximate surface area is 160 Å². The maximum Gasteiger partial charge on any atom is 0.357 e. The summed E-state index contributed by atoms with van der Waals surface area (Å²) in [4.78, 5) is 0. The molecule has 1 unspecified atom stereocenters. The van der Waals surface area contributed by atoms with Gasteiger partial charge in [-0.3, -0.25) is 4.57 Å². The van der Waals surface area contributed by atoms with Gasteiger partial charge in [-0.25, -0.2) is 0 Å². The van der Waals surface area contributed by atoms with Crippen LogP contribution in [-0.4, -0.2) is 20.0 Å². The zero-order valence-electron chi connectivity index (χ0n) is 16.2. The number of nitrogens with one attached hydrogen (secondary N) is 1. The molecule has 1 atom stereocenters. The van der Waals surface area contributed by atoms with E-state index >= 15 is 0 Å². The van der Waals surface area contributed by atoms with E-state index in [4.69, 9.17) is 18.5 Å². The molecule has 0 saturated heterocycles. The second-order valence-electron chi connectivity index (χ2n) is 6.30. The van der Waals surface area contributed by atoms with Gasteiger partial charge >= 0.3 is 7.60 Å². The Hall–Kier alpha value is -2.01. The summed E-state index contributed by atoms with van der Waals surface area (Å²) >= 11 is 0. The lowest BCUT2D eigenvalue weighted by atomic mass is 10.1. The van der Waals surface area contributed by atoms with Gasteiger partial charge < -0.3 is 23.8 Å². The third-order valence-electron chi connectivity index (χ3n) is 4.41. The highest BCUT2D eigenvalue weighted by Gasteiger charge is 2.38. The van der Waals surface area contributed by atoms with Crippen LogP contribution in [-0.2, 0) is 13.6 Å². The van der Waals surface area contributed by atoms with E-state index in [1.165, 1.54) is 0 Å². The van der Waals surface area contributed by atoms with Gasteiger partial charge in [-0.15, -0.1) is 0 Å². The molecule has 27 heavy (non-hydrogen) atoms. The lowest BCUT2D eigenvalue weighted by Crippen LogP contribution is -2.16. The van der Waals surface area contributed by atoms with Gasteiger partial charge in [-0.1, -0.05) is 24.3 Å². The van der Waals surface area contributed by atoms with Crippen molar-refractivity contribution in [3.8, 4) is 11.5 Å². The molecular weight excluding hydrogens is 365 g/mol. The number of benzene rings is 2. The van der Waals surface area contributed by atoms with Crippen LogP contribution < -0.4 is 14.8 Å². The monoisotopic (exact) mass is 391 g/mol. The quantitative estimate of drug-likeness (QED) is 0.607. The molecule has 0 radical (unpaired) electrons. The molecule has 0 saturated carbocycles. The van der Waals surface area contributed by atoms with Crippen LogP contribution in [0.5, 0.6) is 11.5 Å². The Morgan fingerprint density at radius 1 is 1.04 bits per heavy atom. The predicted octanol–water partition coefficient (Wildman–Crippen LogP) is 5.41. The normalized spacial score (nSPS) is 14.2. The van der Waals surface area contributed by atoms with Crippen molar-refractivity contribution in [1.82, 2.24) is 0 Å². The van der Waals surface area contributed by atoms with Gasteiger partial charge in [-0.2, -0.15) is 0 Å². The molecule has 1 aliphatic rings. The van der Waals surface area contributed by atoms with Crippen molar-refractivity contribution in [2.75, 3.05) is 25.3 Å². The molecule has 3 rings (SSSR count). The van der Waals surface area contributed by atoms with E-state index in [0.29, 0.717) is 11.5 Å². The maximum absolute atomic E-state index is 13.7. The van der Waals surface area contributed by atoms with Crippen molar-refractivity contribution in [1.29, 1.82) is 0 Å². The highest BCUT2D eigenvalue weighted by Crippen LogP contribution is 2.61. The highest BCUT2D eigenvalue weighted by atomic mass is 31.2. The fourth-order valence-electron chi connectivity index (χ4n) is 3.15. The first kappa shape index (κ1) is 19.7. The smallest absolute Gasteiger partial charge is 0.357 e. The average molecular weight is 391 g/mol. The molecule has 1 aliphatic heterocycles. The van der Waals surface area contributed by atoms with Gasteiger partial charge in [0.15, 0.2) is 17.3 Å². The van der Waals surface area contributed by atoms with Crippen molar-refractivity contribution in [3.05, 3.63) is 53.1 Å². The number of aryl methyl sites for hydroxylation is 2. The molecule has 2 aromatic carbocycles. The molecule has 2 aromatic rings. The maximum atomic E-state index is 13.7. The van der Waals surface area contributed by atoms with Crippen molar-refractivity contribution in [3.63, 3.8) is 0 Å². The third-order valence-corrected chi connectivity index (χ3v) is 6.70. The molecule has 1 heterocycles. The lowest BCUT2D eigenvalue weighted by molar-refractivity contribution is 0.174. The second kappa shape index (κ2) is 8.34. The predicted molar refractivity (Wildman–Crippen MR) is 106 cm³/mol. The van der Waals surface area contributed by atoms with Gasteiger partial charge in [0.05, 0.1) is 13.2 Å². The summed E-state index contributed by atoms with van der Waals surface area (Å²) in [6.45, 7) is 8.39. The molecular formula is C20H26NO5P. The Morgan fingerprint density at radius 2 is 1.67 bits per heavy atom. The van der Waals surface area contributed by atoms with E-state index < -0.39 is 13.4 Å². The molecule has 0 bridgehead atoms. The van der Waals surface area contributed by atoms with E-state index in [-0.39, 0.29) is 20.0 Å². The van der Waals surface area contributed by atoms with Gasteiger partial charge in [-0.05, 0) is 56.5 Å². The van der Waals surface area contributed by atoms with Gasteiger partial charge in [0.25, 0.3) is 0 Å². The summed E-state index contributed by atoms with van der Waals surface area (Å²) in [5.74, 6) is 0.624. The summed E-state index contributed by atoms with van der Waals surface area (Å²) < 4.78 is 35.9. The minimum absolute atomic E-state index is 0.183. The first-order valence-corrected chi connectivity index (χ1v) is 10.7. The van der Waals surface area contributed by atoms with E-state index in [9.17, 15) is 4.57 Å². The molecule has 146 valence electrons. The summed E-state index contributed by atoms with van der Waals surface area (Å²) in [7, 11) is -3.49. The Balaban J connectivity index is 2.07. The zero-order valence-corrected chi connectivity index (χ0v) is 17.0. The van der Waals surface area contributed by atoms with E-state index in [1.54, 1.807) is 13.8 Å². The molecule has 7 heteroatoms. The highest BCUT2D eigenvalue weighted by molar-refractivity contribution is 7.54. The van der Waals surface area contributed by atoms with Crippen molar-refractivity contribution in [2.45, 2.75) is 33.5 Å². The van der Waals surface area contributed by atoms with E-state index in [2.05, 4.69) is 5.32 Å². The van der Waals surface area contributed by atoms with Crippen LogP contribution in [0.3, 0.4) is 0 Å². The zero-order chi connectivity index (χ0) is 19.4. The van der Waals surface area contributed by atoms with Crippen LogP contribution in [0.15, 0.2) is 36.4 Å². The minimum atomic E-state index is -3.49. The molecule has 0 aliphatic carbocycles. The lowest BCUT2D eigenvalue weighted by Gasteiger charge is -2.29. The number of ether oxygens (including phenoxy) is 2. The van der Waals surface area contributed by atoms with E-state index in [0.717, 1.165) is 22.4 Å². The number of hydrogen-bond acceptors (Lipinski definition) is 6. The Morgan fingerprint density at radius 3 is 2.30 bits per heavy atom. The number of rotatable bonds is 8. The molecule has 1 N–H and O–H groups in total. The first-order valence-electron chi connectivity index (χ1n) is 9.09. The topological polar surface area (TPSA) is 66.0 Å². The Bertz CT molecular complexity index is 824. The summed E-state index contributed by atoms with van der Waals surface area (Å²) in [6.07, 6.45) is 0. The summed E-state index contributed by atoms with van der Waals surface area (Å²) in [5, 5.41) is 3.42. The Kier molecular flexibility index (Phi) is 6.10. The first-order chi connectivity index (χ1) is 13.0. The average Bonchev–Trinajstić information content (AvgIpc) is 3.09. The van der Waals surface area contributed by atoms with Crippen LogP contribution >= 0.6 is 7.60 Å². The molecule has 0 aromatic heterocycles. The second-order valence-corrected chi connectivity index (χ2v) is 8.41. The number of hydrogen-bond donors (Lipinski definition) is 1.